The van der Waals surface area contributed by atoms with Gasteiger partial charge in [0.1, 0.15) is 0 Å². The van der Waals surface area contributed by atoms with Crippen LogP contribution in [-0.2, 0) is 24.2 Å². The van der Waals surface area contributed by atoms with E-state index in [9.17, 15) is 14.4 Å². The summed E-state index contributed by atoms with van der Waals surface area (Å²) in [5.74, 6) is -1.89. The summed E-state index contributed by atoms with van der Waals surface area (Å²) in [6.45, 7) is 0.416. The number of carbonyl (C=O) groups is 3. The first kappa shape index (κ1) is 9.02. The molecule has 12 heavy (non-hydrogen) atoms. The summed E-state index contributed by atoms with van der Waals surface area (Å²) < 4.78 is 0. The van der Waals surface area contributed by atoms with E-state index in [0.29, 0.717) is 19.4 Å². The zero-order chi connectivity index (χ0) is 8.97. The fraction of sp³-hybridized carbons (Fsp3) is 0.571. The summed E-state index contributed by atoms with van der Waals surface area (Å²) in [4.78, 5) is 40.5. The minimum absolute atomic E-state index is 0.0136. The van der Waals surface area contributed by atoms with Gasteiger partial charge in [0.2, 0.25) is 5.78 Å². The first-order chi connectivity index (χ1) is 5.75. The van der Waals surface area contributed by atoms with E-state index in [-0.39, 0.29) is 6.29 Å². The van der Waals surface area contributed by atoms with E-state index < -0.39 is 17.7 Å². The Bertz CT molecular complexity index is 204. The van der Waals surface area contributed by atoms with Crippen LogP contribution in [0.1, 0.15) is 12.8 Å². The van der Waals surface area contributed by atoms with E-state index in [1.807, 2.05) is 0 Å². The molecular formula is C7H8O5. The van der Waals surface area contributed by atoms with Crippen molar-refractivity contribution in [2.24, 2.45) is 0 Å². The van der Waals surface area contributed by atoms with E-state index in [0.717, 1.165) is 0 Å². The van der Waals surface area contributed by atoms with Crippen LogP contribution in [0.5, 0.6) is 0 Å². The van der Waals surface area contributed by atoms with E-state index in [2.05, 4.69) is 9.78 Å². The van der Waals surface area contributed by atoms with Crippen LogP contribution < -0.4 is 0 Å². The van der Waals surface area contributed by atoms with Gasteiger partial charge in [-0.1, -0.05) is 0 Å². The first-order valence-electron chi connectivity index (χ1n) is 3.57. The third kappa shape index (κ3) is 1.96. The number of hydrogen-bond acceptors (Lipinski definition) is 5. The maximum atomic E-state index is 10.9. The Morgan fingerprint density at radius 3 is 2.67 bits per heavy atom. The molecule has 1 atom stereocenters. The molecule has 5 nitrogen and oxygen atoms in total. The highest BCUT2D eigenvalue weighted by Gasteiger charge is 2.28. The molecule has 0 aromatic heterocycles. The molecule has 1 aliphatic heterocycles. The third-order valence-corrected chi connectivity index (χ3v) is 1.52. The van der Waals surface area contributed by atoms with E-state index in [1.54, 1.807) is 0 Å². The predicted molar refractivity (Wildman–Crippen MR) is 36.1 cm³/mol. The molecule has 0 aliphatic carbocycles. The fourth-order valence-electron chi connectivity index (χ4n) is 0.898. The lowest BCUT2D eigenvalue weighted by molar-refractivity contribution is -0.334. The predicted octanol–water partition coefficient (Wildman–Crippen LogP) is -0.566. The van der Waals surface area contributed by atoms with E-state index in [1.165, 1.54) is 0 Å². The number of carbonyl (C=O) groups excluding carboxylic acids is 3. The lowest BCUT2D eigenvalue weighted by Crippen LogP contribution is -2.34. The van der Waals surface area contributed by atoms with Crippen molar-refractivity contribution in [2.45, 2.75) is 18.9 Å². The molecule has 5 heteroatoms. The SMILES string of the molecule is O=CC(=O)C(=O)C1CCCOO1. The van der Waals surface area contributed by atoms with Crippen LogP contribution >= 0.6 is 0 Å². The van der Waals surface area contributed by atoms with Crippen LogP contribution in [0.3, 0.4) is 0 Å². The lowest BCUT2D eigenvalue weighted by Gasteiger charge is -2.18. The largest absolute Gasteiger partial charge is 0.294 e. The molecule has 0 aromatic carbocycles. The van der Waals surface area contributed by atoms with E-state index in [4.69, 9.17) is 0 Å². The molecule has 0 aromatic rings. The number of rotatable bonds is 3. The van der Waals surface area contributed by atoms with Crippen molar-refractivity contribution in [2.75, 3.05) is 6.61 Å². The Hall–Kier alpha value is -1.07. The second-order valence-corrected chi connectivity index (χ2v) is 2.40. The van der Waals surface area contributed by atoms with Crippen molar-refractivity contribution < 1.29 is 24.2 Å². The Labute approximate surface area is 68.6 Å². The average molecular weight is 172 g/mol. The molecule has 0 bridgehead atoms. The third-order valence-electron chi connectivity index (χ3n) is 1.52. The normalized spacial score (nSPS) is 23.2. The Morgan fingerprint density at radius 1 is 1.42 bits per heavy atom. The molecule has 0 spiro atoms. The Morgan fingerprint density at radius 2 is 2.17 bits per heavy atom. The van der Waals surface area contributed by atoms with Crippen molar-refractivity contribution in [3.63, 3.8) is 0 Å². The summed E-state index contributed by atoms with van der Waals surface area (Å²) in [5.41, 5.74) is 0. The van der Waals surface area contributed by atoms with Gasteiger partial charge in [-0.25, -0.2) is 9.78 Å². The van der Waals surface area contributed by atoms with Crippen molar-refractivity contribution in [1.82, 2.24) is 0 Å². The quantitative estimate of drug-likeness (QED) is 0.247. The maximum absolute atomic E-state index is 10.9. The minimum atomic E-state index is -1.06. The van der Waals surface area contributed by atoms with Crippen molar-refractivity contribution in [3.05, 3.63) is 0 Å². The molecule has 1 saturated heterocycles. The van der Waals surface area contributed by atoms with Gasteiger partial charge in [-0.05, 0) is 12.8 Å². The minimum Gasteiger partial charge on any atom is -0.294 e. The van der Waals surface area contributed by atoms with Crippen LogP contribution in [0.4, 0.5) is 0 Å². The number of Topliss-reactive ketones (excluding diaryl/α,β-unsaturated/α-hetero) is 2. The van der Waals surface area contributed by atoms with Gasteiger partial charge in [0.15, 0.2) is 12.4 Å². The van der Waals surface area contributed by atoms with Crippen LogP contribution in [-0.4, -0.2) is 30.6 Å². The van der Waals surface area contributed by atoms with Gasteiger partial charge in [-0.2, -0.15) is 0 Å². The van der Waals surface area contributed by atoms with Gasteiger partial charge < -0.3 is 0 Å². The molecule has 0 saturated carbocycles. The smallest absolute Gasteiger partial charge is 0.263 e. The van der Waals surface area contributed by atoms with Crippen molar-refractivity contribution in [3.8, 4) is 0 Å². The summed E-state index contributed by atoms with van der Waals surface area (Å²) in [6.07, 6.45) is 0.179. The molecule has 0 radical (unpaired) electrons. The zero-order valence-electron chi connectivity index (χ0n) is 6.32. The second-order valence-electron chi connectivity index (χ2n) is 2.40. The maximum Gasteiger partial charge on any atom is 0.263 e. The first-order valence-corrected chi connectivity index (χ1v) is 3.57. The van der Waals surface area contributed by atoms with Crippen LogP contribution in [0.25, 0.3) is 0 Å². The Kier molecular flexibility index (Phi) is 3.07. The van der Waals surface area contributed by atoms with Crippen LogP contribution in [0.2, 0.25) is 0 Å². The average Bonchev–Trinajstić information content (AvgIpc) is 2.17. The molecule has 1 aliphatic rings. The van der Waals surface area contributed by atoms with Gasteiger partial charge in [0.25, 0.3) is 5.78 Å². The molecule has 0 amide bonds. The summed E-state index contributed by atoms with van der Waals surface area (Å²) in [7, 11) is 0. The molecule has 66 valence electrons. The van der Waals surface area contributed by atoms with Gasteiger partial charge in [0, 0.05) is 0 Å². The number of hydrogen-bond donors (Lipinski definition) is 0. The van der Waals surface area contributed by atoms with Gasteiger partial charge in [-0.3, -0.25) is 14.4 Å². The highest BCUT2D eigenvalue weighted by atomic mass is 17.2. The standard InChI is InChI=1S/C7H8O5/c8-4-5(9)7(10)6-2-1-3-11-12-6/h4,6H,1-3H2. The monoisotopic (exact) mass is 172 g/mol. The summed E-state index contributed by atoms with van der Waals surface area (Å²) >= 11 is 0. The second kappa shape index (κ2) is 4.08. The van der Waals surface area contributed by atoms with Crippen LogP contribution in [0.15, 0.2) is 0 Å². The van der Waals surface area contributed by atoms with E-state index >= 15 is 0 Å². The number of ketones is 2. The van der Waals surface area contributed by atoms with Crippen LogP contribution in [0, 0.1) is 0 Å². The topological polar surface area (TPSA) is 69.7 Å². The number of aldehydes is 1. The highest BCUT2D eigenvalue weighted by molar-refractivity contribution is 6.58. The summed E-state index contributed by atoms with van der Waals surface area (Å²) in [6, 6.07) is 0. The van der Waals surface area contributed by atoms with Gasteiger partial charge in [-0.15, -0.1) is 0 Å². The zero-order valence-corrected chi connectivity index (χ0v) is 6.32. The van der Waals surface area contributed by atoms with Gasteiger partial charge in [0.05, 0.1) is 6.61 Å². The molecule has 1 rings (SSSR count). The summed E-state index contributed by atoms with van der Waals surface area (Å²) in [5, 5.41) is 0. The fourth-order valence-corrected chi connectivity index (χ4v) is 0.898. The van der Waals surface area contributed by atoms with Crippen molar-refractivity contribution in [1.29, 1.82) is 0 Å². The molecular weight excluding hydrogens is 164 g/mol. The molecule has 0 N–H and O–H groups in total. The lowest BCUT2D eigenvalue weighted by atomic mass is 10.1. The van der Waals surface area contributed by atoms with Gasteiger partial charge >= 0.3 is 0 Å². The molecule has 1 heterocycles. The highest BCUT2D eigenvalue weighted by Crippen LogP contribution is 2.10. The Balaban J connectivity index is 2.50. The van der Waals surface area contributed by atoms with Crippen molar-refractivity contribution >= 4 is 17.9 Å². The molecule has 1 unspecified atom stereocenters. The molecule has 1 fully saturated rings.